The van der Waals surface area contributed by atoms with Crippen LogP contribution < -0.4 is 9.47 Å². The third-order valence-electron chi connectivity index (χ3n) is 12.7. The Kier molecular flexibility index (Phi) is 20.8. The third kappa shape index (κ3) is 13.3. The lowest BCUT2D eigenvalue weighted by Gasteiger charge is -2.59. The second kappa shape index (κ2) is 26.2. The van der Waals surface area contributed by atoms with E-state index in [2.05, 4.69) is 42.9 Å². The van der Waals surface area contributed by atoms with Gasteiger partial charge in [0.25, 0.3) is 0 Å². The van der Waals surface area contributed by atoms with E-state index in [1.807, 2.05) is 30.3 Å². The molecule has 11 heteroatoms. The van der Waals surface area contributed by atoms with Gasteiger partial charge in [0.15, 0.2) is 0 Å². The van der Waals surface area contributed by atoms with Crippen LogP contribution in [-0.4, -0.2) is 91.7 Å². The van der Waals surface area contributed by atoms with Crippen molar-refractivity contribution in [2.45, 2.75) is 139 Å². The molecule has 1 heterocycles. The van der Waals surface area contributed by atoms with Gasteiger partial charge in [-0.15, -0.1) is 18.3 Å². The number of hydrogen-bond acceptors (Lipinski definition) is 10. The first-order valence-corrected chi connectivity index (χ1v) is 24.2. The molecule has 2 aromatic carbocycles. The highest BCUT2D eigenvalue weighted by atomic mass is 32.2. The minimum Gasteiger partial charge on any atom is -0.493 e. The highest BCUT2D eigenvalue weighted by molar-refractivity contribution is 7.99. The molecule has 5 rings (SSSR count). The first-order chi connectivity index (χ1) is 29.9. The molecule has 61 heavy (non-hydrogen) atoms. The van der Waals surface area contributed by atoms with E-state index in [0.717, 1.165) is 79.7 Å². The number of hydrogen-bond donors (Lipinski definition) is 2. The van der Waals surface area contributed by atoms with E-state index in [9.17, 15) is 15.0 Å². The zero-order valence-corrected chi connectivity index (χ0v) is 38.1. The second-order valence-corrected chi connectivity index (χ2v) is 18.0. The lowest BCUT2D eigenvalue weighted by molar-refractivity contribution is -0.253. The van der Waals surface area contributed by atoms with Gasteiger partial charge in [-0.25, -0.2) is 4.79 Å². The number of amides is 1. The monoisotopic (exact) mass is 863 g/mol. The van der Waals surface area contributed by atoms with Gasteiger partial charge >= 0.3 is 6.09 Å². The fourth-order valence-electron chi connectivity index (χ4n) is 9.74. The summed E-state index contributed by atoms with van der Waals surface area (Å²) in [6.07, 6.45) is 20.9. The van der Waals surface area contributed by atoms with Crippen molar-refractivity contribution in [1.82, 2.24) is 4.90 Å². The Morgan fingerprint density at radius 1 is 0.934 bits per heavy atom. The van der Waals surface area contributed by atoms with Crippen molar-refractivity contribution in [2.75, 3.05) is 52.9 Å². The van der Waals surface area contributed by atoms with Gasteiger partial charge in [-0.1, -0.05) is 113 Å². The third-order valence-corrected chi connectivity index (χ3v) is 13.7. The molecule has 0 saturated heterocycles. The molecule has 1 fully saturated rings. The standard InChI is InChI=1S/C50H74N2O8S/c1-5-7-8-9-10-11-12-13-14-22-32-58-49(55)52(3)46-37-44(51-56-4)42-35-38(23-18-20-29-53)41(26-19-21-30-54)47-43-36-39(57-33-34-61-40-24-16-15-17-25-40)27-28-45(43)60-50(46,48(42)47)59-31-6-2/h6,15-17,24-25,27-28,35-36,38,41,46-48,53-54H,2,5,7-14,18-23,26,29-34,37H2,1,3-4H3. The van der Waals surface area contributed by atoms with E-state index in [-0.39, 0.29) is 43.5 Å². The average molecular weight is 863 g/mol. The van der Waals surface area contributed by atoms with Crippen LogP contribution in [0.15, 0.2) is 82.9 Å². The summed E-state index contributed by atoms with van der Waals surface area (Å²) in [5.74, 6) is 0.747. The van der Waals surface area contributed by atoms with E-state index < -0.39 is 17.9 Å². The Hall–Kier alpha value is -3.51. The number of unbranched alkanes of at least 4 members (excludes halogenated alkanes) is 11. The predicted molar refractivity (Wildman–Crippen MR) is 246 cm³/mol. The summed E-state index contributed by atoms with van der Waals surface area (Å²) >= 11 is 1.76. The van der Waals surface area contributed by atoms with Gasteiger partial charge in [0.1, 0.15) is 24.7 Å². The molecule has 6 atom stereocenters. The van der Waals surface area contributed by atoms with Gasteiger partial charge in [0.2, 0.25) is 5.79 Å². The van der Waals surface area contributed by atoms with Crippen LogP contribution in [0.4, 0.5) is 4.79 Å². The fourth-order valence-corrected chi connectivity index (χ4v) is 10.5. The summed E-state index contributed by atoms with van der Waals surface area (Å²) in [5.41, 5.74) is 2.79. The number of likely N-dealkylation sites (N-methyl/N-ethyl adjacent to an activating group) is 1. The normalized spacial score (nSPS) is 23.3. The molecule has 6 unspecified atom stereocenters. The number of carbonyl (C=O) groups is 1. The molecule has 3 aliphatic rings. The van der Waals surface area contributed by atoms with Crippen LogP contribution in [0.1, 0.15) is 128 Å². The molecule has 1 saturated carbocycles. The quantitative estimate of drug-likeness (QED) is 0.0356. The zero-order chi connectivity index (χ0) is 43.3. The second-order valence-electron chi connectivity index (χ2n) is 16.9. The van der Waals surface area contributed by atoms with E-state index >= 15 is 0 Å². The Balaban J connectivity index is 1.46. The topological polar surface area (TPSA) is 119 Å². The number of rotatable bonds is 29. The number of aliphatic hydroxyl groups is 2. The maximum Gasteiger partial charge on any atom is 0.409 e. The number of ether oxygens (including phenoxy) is 4. The van der Waals surface area contributed by atoms with Crippen LogP contribution in [0.2, 0.25) is 0 Å². The predicted octanol–water partition coefficient (Wildman–Crippen LogP) is 11.1. The summed E-state index contributed by atoms with van der Waals surface area (Å²) in [4.78, 5) is 22.5. The average Bonchev–Trinajstić information content (AvgIpc) is 3.28. The molecule has 2 aromatic rings. The number of fused-ring (bicyclic) bond motifs is 2. The maximum atomic E-state index is 14.1. The fraction of sp³-hybridized carbons (Fsp3) is 0.640. The molecule has 10 nitrogen and oxygen atoms in total. The molecular formula is C50H74N2O8S. The number of benzene rings is 2. The van der Waals surface area contributed by atoms with Crippen molar-refractivity contribution in [3.8, 4) is 11.5 Å². The number of oxime groups is 1. The molecule has 0 aromatic heterocycles. The van der Waals surface area contributed by atoms with Crippen molar-refractivity contribution in [3.05, 3.63) is 78.4 Å². The summed E-state index contributed by atoms with van der Waals surface area (Å²) < 4.78 is 26.6. The van der Waals surface area contributed by atoms with Crippen molar-refractivity contribution >= 4 is 23.6 Å². The van der Waals surface area contributed by atoms with Gasteiger partial charge in [-0.2, -0.15) is 0 Å². The van der Waals surface area contributed by atoms with E-state index in [0.29, 0.717) is 31.8 Å². The van der Waals surface area contributed by atoms with Gasteiger partial charge in [0, 0.05) is 48.8 Å². The molecule has 1 aliphatic heterocycles. The zero-order valence-electron chi connectivity index (χ0n) is 37.3. The lowest BCUT2D eigenvalue weighted by atomic mass is 9.55. The van der Waals surface area contributed by atoms with Crippen LogP contribution in [-0.2, 0) is 14.3 Å². The van der Waals surface area contributed by atoms with Crippen molar-refractivity contribution in [2.24, 2.45) is 22.9 Å². The molecule has 338 valence electrons. The number of carbonyl (C=O) groups excluding carboxylic acids is 1. The first-order valence-electron chi connectivity index (χ1n) is 23.2. The largest absolute Gasteiger partial charge is 0.493 e. The molecule has 0 spiro atoms. The Labute approximate surface area is 370 Å². The van der Waals surface area contributed by atoms with Crippen LogP contribution in [0.5, 0.6) is 11.5 Å². The van der Waals surface area contributed by atoms with Crippen LogP contribution in [0.3, 0.4) is 0 Å². The van der Waals surface area contributed by atoms with Gasteiger partial charge in [0.05, 0.1) is 31.5 Å². The number of aliphatic hydroxyl groups excluding tert-OH is 2. The molecule has 0 bridgehead atoms. The summed E-state index contributed by atoms with van der Waals surface area (Å²) in [5, 5.41) is 24.4. The molecule has 2 aliphatic carbocycles. The number of thioether (sulfide) groups is 1. The number of nitrogens with zero attached hydrogens (tertiary/aromatic N) is 2. The SMILES string of the molecule is C=CCOC12Oc3ccc(OCCSc4ccccc4)cc3C3C(CCCCO)C(CCCCO)C=C(C(=NOC)CC1N(C)C(=O)OCCCCCCCCCCCC)C32. The Morgan fingerprint density at radius 3 is 2.33 bits per heavy atom. The summed E-state index contributed by atoms with van der Waals surface area (Å²) in [6.45, 7) is 7.62. The van der Waals surface area contributed by atoms with E-state index in [1.54, 1.807) is 36.9 Å². The highest BCUT2D eigenvalue weighted by Crippen LogP contribution is 2.61. The lowest BCUT2D eigenvalue weighted by Crippen LogP contribution is -2.69. The van der Waals surface area contributed by atoms with Crippen LogP contribution in [0.25, 0.3) is 0 Å². The molecule has 1 amide bonds. The first kappa shape index (κ1) is 48.5. The molecular weight excluding hydrogens is 789 g/mol. The summed E-state index contributed by atoms with van der Waals surface area (Å²) in [6, 6.07) is 15.8. The Bertz CT molecular complexity index is 1670. The smallest absolute Gasteiger partial charge is 0.409 e. The van der Waals surface area contributed by atoms with E-state index in [1.165, 1.54) is 49.8 Å². The van der Waals surface area contributed by atoms with Crippen LogP contribution in [0, 0.1) is 17.8 Å². The maximum absolute atomic E-state index is 14.1. The molecule has 2 N–H and O–H groups in total. The van der Waals surface area contributed by atoms with Gasteiger partial charge < -0.3 is 38.9 Å². The number of allylic oxidation sites excluding steroid dienone is 1. The highest BCUT2D eigenvalue weighted by Gasteiger charge is 2.65. The van der Waals surface area contributed by atoms with Crippen LogP contribution >= 0.6 is 11.8 Å². The van der Waals surface area contributed by atoms with Gasteiger partial charge in [-0.3, -0.25) is 0 Å². The minimum absolute atomic E-state index is 0.116. The minimum atomic E-state index is -1.31. The molecule has 0 radical (unpaired) electrons. The summed E-state index contributed by atoms with van der Waals surface area (Å²) in [7, 11) is 3.34. The van der Waals surface area contributed by atoms with E-state index in [4.69, 9.17) is 23.8 Å². The van der Waals surface area contributed by atoms with Crippen molar-refractivity contribution in [3.63, 3.8) is 0 Å². The van der Waals surface area contributed by atoms with Crippen molar-refractivity contribution < 1.29 is 38.8 Å². The Morgan fingerprint density at radius 2 is 1.64 bits per heavy atom. The van der Waals surface area contributed by atoms with Gasteiger partial charge in [-0.05, 0) is 79.8 Å². The van der Waals surface area contributed by atoms with Crippen molar-refractivity contribution in [1.29, 1.82) is 0 Å².